The number of carbonyl (C=O) groups is 1. The van der Waals surface area contributed by atoms with E-state index in [1.54, 1.807) is 6.20 Å². The number of ether oxygens (including phenoxy) is 1. The minimum absolute atomic E-state index is 0.306. The molecule has 0 amide bonds. The van der Waals surface area contributed by atoms with E-state index in [4.69, 9.17) is 4.74 Å². The van der Waals surface area contributed by atoms with Crippen molar-refractivity contribution in [2.75, 3.05) is 0 Å². The molecule has 2 heterocycles. The highest BCUT2D eigenvalue weighted by atomic mass is 16.5. The first-order chi connectivity index (χ1) is 9.22. The fourth-order valence-electron chi connectivity index (χ4n) is 2.11. The Kier molecular flexibility index (Phi) is 2.80. The summed E-state index contributed by atoms with van der Waals surface area (Å²) in [5.74, 6) is 0.261. The van der Waals surface area contributed by atoms with Gasteiger partial charge in [-0.05, 0) is 23.3 Å². The Morgan fingerprint density at radius 1 is 1.05 bits per heavy atom. The Morgan fingerprint density at radius 3 is 2.58 bits per heavy atom. The van der Waals surface area contributed by atoms with Crippen LogP contribution in [0.3, 0.4) is 0 Å². The summed E-state index contributed by atoms with van der Waals surface area (Å²) in [6, 6.07) is 16.1. The van der Waals surface area contributed by atoms with Crippen molar-refractivity contribution >= 4 is 11.5 Å². The number of aromatic nitrogens is 1. The molecule has 0 spiro atoms. The first-order valence-electron chi connectivity index (χ1n) is 6.08. The van der Waals surface area contributed by atoms with Gasteiger partial charge in [-0.15, -0.1) is 0 Å². The van der Waals surface area contributed by atoms with E-state index in [2.05, 4.69) is 18.2 Å². The highest BCUT2D eigenvalue weighted by Crippen LogP contribution is 2.24. The molecule has 2 aromatic heterocycles. The van der Waals surface area contributed by atoms with E-state index in [1.807, 2.05) is 40.9 Å². The Balaban J connectivity index is 2.03. The average molecular weight is 251 g/mol. The molecule has 94 valence electrons. The summed E-state index contributed by atoms with van der Waals surface area (Å²) in [6.45, 7) is 1.40. The van der Waals surface area contributed by atoms with Crippen molar-refractivity contribution in [2.24, 2.45) is 0 Å². The summed E-state index contributed by atoms with van der Waals surface area (Å²) in [7, 11) is 0. The van der Waals surface area contributed by atoms with E-state index in [-0.39, 0.29) is 5.97 Å². The standard InChI is InChI=1S/C16H13NO2/c1-12(18)19-16-10-15-9-14(7-8-17(15)11-16)13-5-3-2-4-6-13/h2-11H,1H3. The van der Waals surface area contributed by atoms with Gasteiger partial charge in [-0.25, -0.2) is 0 Å². The van der Waals surface area contributed by atoms with E-state index in [9.17, 15) is 4.79 Å². The SMILES string of the molecule is CC(=O)Oc1cc2cc(-c3ccccc3)ccn2c1. The first-order valence-corrected chi connectivity index (χ1v) is 6.08. The molecule has 3 aromatic rings. The van der Waals surface area contributed by atoms with Crippen molar-refractivity contribution in [1.82, 2.24) is 4.40 Å². The number of carbonyl (C=O) groups excluding carboxylic acids is 1. The number of rotatable bonds is 2. The van der Waals surface area contributed by atoms with Crippen LogP contribution in [0.5, 0.6) is 5.75 Å². The van der Waals surface area contributed by atoms with Crippen molar-refractivity contribution < 1.29 is 9.53 Å². The van der Waals surface area contributed by atoms with Crippen LogP contribution in [0.1, 0.15) is 6.92 Å². The summed E-state index contributed by atoms with van der Waals surface area (Å²) in [5, 5.41) is 0. The van der Waals surface area contributed by atoms with Crippen LogP contribution in [0.25, 0.3) is 16.6 Å². The topological polar surface area (TPSA) is 30.7 Å². The van der Waals surface area contributed by atoms with E-state index in [0.29, 0.717) is 5.75 Å². The molecule has 1 aromatic carbocycles. The van der Waals surface area contributed by atoms with Gasteiger partial charge in [-0.3, -0.25) is 4.79 Å². The lowest BCUT2D eigenvalue weighted by molar-refractivity contribution is -0.131. The minimum atomic E-state index is -0.306. The molecule has 0 saturated carbocycles. The molecule has 0 aliphatic heterocycles. The number of fused-ring (bicyclic) bond motifs is 1. The predicted octanol–water partition coefficient (Wildman–Crippen LogP) is 3.53. The molecule has 19 heavy (non-hydrogen) atoms. The van der Waals surface area contributed by atoms with Crippen LogP contribution in [0, 0.1) is 0 Å². The highest BCUT2D eigenvalue weighted by Gasteiger charge is 2.04. The van der Waals surface area contributed by atoms with E-state index in [0.717, 1.165) is 11.1 Å². The molecule has 0 radical (unpaired) electrons. The number of benzene rings is 1. The molecular weight excluding hydrogens is 238 g/mol. The second kappa shape index (κ2) is 4.61. The maximum Gasteiger partial charge on any atom is 0.308 e. The molecule has 0 N–H and O–H groups in total. The van der Waals surface area contributed by atoms with Crippen molar-refractivity contribution in [2.45, 2.75) is 6.92 Å². The summed E-state index contributed by atoms with van der Waals surface area (Å²) in [5.41, 5.74) is 3.30. The van der Waals surface area contributed by atoms with E-state index in [1.165, 1.54) is 12.5 Å². The summed E-state index contributed by atoms with van der Waals surface area (Å²) in [4.78, 5) is 10.9. The third-order valence-corrected chi connectivity index (χ3v) is 2.94. The number of hydrogen-bond donors (Lipinski definition) is 0. The van der Waals surface area contributed by atoms with Gasteiger partial charge in [0.1, 0.15) is 5.75 Å². The number of hydrogen-bond acceptors (Lipinski definition) is 2. The second-order valence-electron chi connectivity index (χ2n) is 4.38. The summed E-state index contributed by atoms with van der Waals surface area (Å²) in [6.07, 6.45) is 3.76. The molecule has 0 unspecified atom stereocenters. The van der Waals surface area contributed by atoms with Crippen LogP contribution in [0.15, 0.2) is 60.9 Å². The lowest BCUT2D eigenvalue weighted by Gasteiger charge is -2.02. The third-order valence-electron chi connectivity index (χ3n) is 2.94. The van der Waals surface area contributed by atoms with Crippen molar-refractivity contribution in [3.63, 3.8) is 0 Å². The lowest BCUT2D eigenvalue weighted by atomic mass is 10.1. The molecule has 3 nitrogen and oxygen atoms in total. The van der Waals surface area contributed by atoms with Gasteiger partial charge in [0.15, 0.2) is 0 Å². The zero-order chi connectivity index (χ0) is 13.2. The van der Waals surface area contributed by atoms with Gasteiger partial charge in [-0.2, -0.15) is 0 Å². The fourth-order valence-corrected chi connectivity index (χ4v) is 2.11. The third kappa shape index (κ3) is 2.36. The number of esters is 1. The van der Waals surface area contributed by atoms with Gasteiger partial charge in [0, 0.05) is 24.7 Å². The fraction of sp³-hybridized carbons (Fsp3) is 0.0625. The largest absolute Gasteiger partial charge is 0.425 e. The predicted molar refractivity (Wildman–Crippen MR) is 74.1 cm³/mol. The lowest BCUT2D eigenvalue weighted by Crippen LogP contribution is -1.99. The summed E-state index contributed by atoms with van der Waals surface area (Å²) >= 11 is 0. The van der Waals surface area contributed by atoms with Crippen molar-refractivity contribution in [3.8, 4) is 16.9 Å². The Hall–Kier alpha value is -2.55. The van der Waals surface area contributed by atoms with Crippen LogP contribution in [-0.2, 0) is 4.79 Å². The molecule has 0 atom stereocenters. The molecule has 0 aliphatic carbocycles. The van der Waals surface area contributed by atoms with Crippen LogP contribution in [0.2, 0.25) is 0 Å². The Bertz CT molecular complexity index is 729. The van der Waals surface area contributed by atoms with Gasteiger partial charge in [0.2, 0.25) is 0 Å². The quantitative estimate of drug-likeness (QED) is 0.652. The van der Waals surface area contributed by atoms with Gasteiger partial charge in [0.05, 0.1) is 6.20 Å². The van der Waals surface area contributed by atoms with Crippen LogP contribution in [-0.4, -0.2) is 10.4 Å². The normalized spacial score (nSPS) is 10.6. The molecule has 0 aliphatic rings. The van der Waals surface area contributed by atoms with E-state index < -0.39 is 0 Å². The number of nitrogens with zero attached hydrogens (tertiary/aromatic N) is 1. The highest BCUT2D eigenvalue weighted by molar-refractivity contribution is 5.72. The maximum atomic E-state index is 10.9. The molecule has 3 heteroatoms. The molecule has 0 fully saturated rings. The molecule has 0 bridgehead atoms. The van der Waals surface area contributed by atoms with Gasteiger partial charge < -0.3 is 9.14 Å². The molecule has 3 rings (SSSR count). The van der Waals surface area contributed by atoms with Gasteiger partial charge in [0.25, 0.3) is 0 Å². The first kappa shape index (κ1) is 11.5. The van der Waals surface area contributed by atoms with Gasteiger partial charge >= 0.3 is 5.97 Å². The molecular formula is C16H13NO2. The smallest absolute Gasteiger partial charge is 0.308 e. The Morgan fingerprint density at radius 2 is 1.84 bits per heavy atom. The van der Waals surface area contributed by atoms with Crippen LogP contribution in [0.4, 0.5) is 0 Å². The van der Waals surface area contributed by atoms with Crippen molar-refractivity contribution in [1.29, 1.82) is 0 Å². The minimum Gasteiger partial charge on any atom is -0.425 e. The second-order valence-corrected chi connectivity index (χ2v) is 4.38. The number of pyridine rings is 1. The summed E-state index contributed by atoms with van der Waals surface area (Å²) < 4.78 is 7.02. The maximum absolute atomic E-state index is 10.9. The average Bonchev–Trinajstić information content (AvgIpc) is 2.79. The zero-order valence-electron chi connectivity index (χ0n) is 10.5. The Labute approximate surface area is 111 Å². The van der Waals surface area contributed by atoms with Crippen LogP contribution < -0.4 is 4.74 Å². The zero-order valence-corrected chi connectivity index (χ0v) is 10.5. The van der Waals surface area contributed by atoms with Crippen LogP contribution >= 0.6 is 0 Å². The monoisotopic (exact) mass is 251 g/mol. The van der Waals surface area contributed by atoms with Gasteiger partial charge in [-0.1, -0.05) is 30.3 Å². The molecule has 0 saturated heterocycles. The van der Waals surface area contributed by atoms with E-state index >= 15 is 0 Å². The van der Waals surface area contributed by atoms with Crippen molar-refractivity contribution in [3.05, 3.63) is 60.9 Å².